The molecule has 1 unspecified atom stereocenters. The van der Waals surface area contributed by atoms with Gasteiger partial charge in [0.1, 0.15) is 15.8 Å². The van der Waals surface area contributed by atoms with Crippen LogP contribution in [-0.4, -0.2) is 36.6 Å². The van der Waals surface area contributed by atoms with E-state index in [-0.39, 0.29) is 23.6 Å². The van der Waals surface area contributed by atoms with Gasteiger partial charge < -0.3 is 5.32 Å². The number of rotatable bonds is 5. The SMILES string of the molecule is CCC(C)N1C(=O)/C(=C\c2c(NC3CCC(C)CC3)nc3ccccn3c2=O)SC1=S. The Bertz CT molecular complexity index is 1100. The van der Waals surface area contributed by atoms with E-state index < -0.39 is 0 Å². The van der Waals surface area contributed by atoms with Crippen molar-refractivity contribution in [3.63, 3.8) is 0 Å². The summed E-state index contributed by atoms with van der Waals surface area (Å²) in [6.45, 7) is 6.29. The number of aromatic nitrogens is 2. The Labute approximate surface area is 192 Å². The molecular formula is C23H28N4O2S2. The van der Waals surface area contributed by atoms with E-state index in [0.717, 1.165) is 38.0 Å². The Kier molecular flexibility index (Phi) is 6.48. The molecule has 1 saturated heterocycles. The van der Waals surface area contributed by atoms with Crippen molar-refractivity contribution in [2.24, 2.45) is 5.92 Å². The van der Waals surface area contributed by atoms with Gasteiger partial charge in [-0.1, -0.05) is 43.9 Å². The molecule has 6 nitrogen and oxygen atoms in total. The van der Waals surface area contributed by atoms with Gasteiger partial charge in [-0.15, -0.1) is 0 Å². The second-order valence-corrected chi connectivity index (χ2v) is 10.2. The number of thiocarbonyl (C=S) groups is 1. The summed E-state index contributed by atoms with van der Waals surface area (Å²) in [4.78, 5) is 33.3. The van der Waals surface area contributed by atoms with E-state index in [1.807, 2.05) is 26.0 Å². The van der Waals surface area contributed by atoms with E-state index in [1.54, 1.807) is 23.2 Å². The highest BCUT2D eigenvalue weighted by Gasteiger charge is 2.35. The molecule has 8 heteroatoms. The number of anilines is 1. The first kappa shape index (κ1) is 22.0. The molecule has 0 spiro atoms. The smallest absolute Gasteiger partial charge is 0.267 e. The number of amides is 1. The van der Waals surface area contributed by atoms with Gasteiger partial charge in [0.15, 0.2) is 0 Å². The van der Waals surface area contributed by atoms with Gasteiger partial charge in [0.05, 0.1) is 10.5 Å². The second-order valence-electron chi connectivity index (χ2n) is 8.52. The van der Waals surface area contributed by atoms with Crippen molar-refractivity contribution >= 4 is 51.7 Å². The van der Waals surface area contributed by atoms with E-state index in [0.29, 0.717) is 26.3 Å². The van der Waals surface area contributed by atoms with Gasteiger partial charge in [-0.05, 0) is 63.2 Å². The van der Waals surface area contributed by atoms with Crippen molar-refractivity contribution in [3.05, 3.63) is 45.2 Å². The van der Waals surface area contributed by atoms with Gasteiger partial charge in [-0.3, -0.25) is 18.9 Å². The highest BCUT2D eigenvalue weighted by Crippen LogP contribution is 2.35. The van der Waals surface area contributed by atoms with Crippen molar-refractivity contribution < 1.29 is 4.79 Å². The molecule has 1 saturated carbocycles. The average Bonchev–Trinajstić information content (AvgIpc) is 3.05. The van der Waals surface area contributed by atoms with Gasteiger partial charge in [0, 0.05) is 18.3 Å². The van der Waals surface area contributed by atoms with Crippen LogP contribution in [0.4, 0.5) is 5.82 Å². The summed E-state index contributed by atoms with van der Waals surface area (Å²) < 4.78 is 2.06. The maximum Gasteiger partial charge on any atom is 0.267 e. The molecule has 31 heavy (non-hydrogen) atoms. The van der Waals surface area contributed by atoms with Gasteiger partial charge >= 0.3 is 0 Å². The summed E-state index contributed by atoms with van der Waals surface area (Å²) in [5, 5.41) is 3.51. The standard InChI is InChI=1S/C23H28N4O2S2/c1-4-15(3)27-22(29)18(31-23(27)30)13-17-20(24-16-10-8-14(2)9-11-16)25-19-7-5-6-12-26(19)21(17)28/h5-7,12-16,24H,4,8-11H2,1-3H3/b18-13+. The largest absolute Gasteiger partial charge is 0.367 e. The predicted molar refractivity (Wildman–Crippen MR) is 131 cm³/mol. The summed E-state index contributed by atoms with van der Waals surface area (Å²) >= 11 is 6.71. The molecule has 0 bridgehead atoms. The minimum Gasteiger partial charge on any atom is -0.367 e. The van der Waals surface area contributed by atoms with Crippen LogP contribution in [0.2, 0.25) is 0 Å². The number of thioether (sulfide) groups is 1. The molecule has 1 amide bonds. The molecule has 2 aromatic rings. The average molecular weight is 457 g/mol. The van der Waals surface area contributed by atoms with Crippen LogP contribution in [0.5, 0.6) is 0 Å². The number of hydrogen-bond donors (Lipinski definition) is 1. The van der Waals surface area contributed by atoms with E-state index in [4.69, 9.17) is 17.2 Å². The third kappa shape index (κ3) is 4.41. The molecule has 1 aliphatic carbocycles. The summed E-state index contributed by atoms with van der Waals surface area (Å²) in [7, 11) is 0. The zero-order chi connectivity index (χ0) is 22.1. The van der Waals surface area contributed by atoms with Crippen molar-refractivity contribution in [1.29, 1.82) is 0 Å². The van der Waals surface area contributed by atoms with Gasteiger partial charge in [-0.25, -0.2) is 4.98 Å². The first-order valence-corrected chi connectivity index (χ1v) is 12.2. The quantitative estimate of drug-likeness (QED) is 0.520. The number of nitrogens with zero attached hydrogens (tertiary/aromatic N) is 3. The Balaban J connectivity index is 1.76. The lowest BCUT2D eigenvalue weighted by atomic mass is 9.87. The van der Waals surface area contributed by atoms with Crippen LogP contribution >= 0.6 is 24.0 Å². The lowest BCUT2D eigenvalue weighted by Gasteiger charge is -2.27. The van der Waals surface area contributed by atoms with Crippen LogP contribution in [0.15, 0.2) is 34.1 Å². The number of hydrogen-bond acceptors (Lipinski definition) is 6. The zero-order valence-corrected chi connectivity index (χ0v) is 19.8. The minimum atomic E-state index is -0.189. The molecule has 2 fully saturated rings. The Morgan fingerprint density at radius 3 is 2.74 bits per heavy atom. The monoisotopic (exact) mass is 456 g/mol. The van der Waals surface area contributed by atoms with Crippen LogP contribution in [-0.2, 0) is 4.79 Å². The molecule has 1 aliphatic heterocycles. The molecule has 2 aromatic heterocycles. The van der Waals surface area contributed by atoms with Gasteiger partial charge in [0.2, 0.25) is 0 Å². The third-order valence-corrected chi connectivity index (χ3v) is 7.59. The summed E-state index contributed by atoms with van der Waals surface area (Å²) in [6.07, 6.45) is 8.61. The molecule has 1 N–H and O–H groups in total. The van der Waals surface area contributed by atoms with Crippen LogP contribution in [0.1, 0.15) is 58.4 Å². The van der Waals surface area contributed by atoms with E-state index in [9.17, 15) is 9.59 Å². The number of pyridine rings is 1. The van der Waals surface area contributed by atoms with Crippen molar-refractivity contribution in [2.75, 3.05) is 5.32 Å². The second kappa shape index (κ2) is 9.12. The molecule has 0 aromatic carbocycles. The molecule has 4 rings (SSSR count). The molecule has 1 atom stereocenters. The fourth-order valence-corrected chi connectivity index (χ4v) is 5.56. The Morgan fingerprint density at radius 2 is 2.03 bits per heavy atom. The Hall–Kier alpha value is -2.19. The zero-order valence-electron chi connectivity index (χ0n) is 18.1. The highest BCUT2D eigenvalue weighted by atomic mass is 32.2. The van der Waals surface area contributed by atoms with Crippen LogP contribution in [0.25, 0.3) is 11.7 Å². The van der Waals surface area contributed by atoms with Crippen LogP contribution in [0.3, 0.4) is 0 Å². The molecule has 3 heterocycles. The third-order valence-electron chi connectivity index (χ3n) is 6.26. The summed E-state index contributed by atoms with van der Waals surface area (Å²) in [6, 6.07) is 5.79. The van der Waals surface area contributed by atoms with Crippen molar-refractivity contribution in [3.8, 4) is 0 Å². The van der Waals surface area contributed by atoms with Crippen molar-refractivity contribution in [1.82, 2.24) is 14.3 Å². The number of nitrogens with one attached hydrogen (secondary N) is 1. The number of carbonyl (C=O) groups is 1. The molecule has 2 aliphatic rings. The molecule has 0 radical (unpaired) electrons. The van der Waals surface area contributed by atoms with E-state index in [1.165, 1.54) is 16.2 Å². The predicted octanol–water partition coefficient (Wildman–Crippen LogP) is 4.68. The van der Waals surface area contributed by atoms with Crippen LogP contribution in [0, 0.1) is 5.92 Å². The lowest BCUT2D eigenvalue weighted by Crippen LogP contribution is -2.36. The topological polar surface area (TPSA) is 66.7 Å². The van der Waals surface area contributed by atoms with Gasteiger partial charge in [-0.2, -0.15) is 0 Å². The summed E-state index contributed by atoms with van der Waals surface area (Å²) in [5.74, 6) is 1.14. The maximum absolute atomic E-state index is 13.4. The maximum atomic E-state index is 13.4. The molecule has 164 valence electrons. The van der Waals surface area contributed by atoms with E-state index in [2.05, 4.69) is 12.2 Å². The first-order chi connectivity index (χ1) is 14.9. The van der Waals surface area contributed by atoms with Gasteiger partial charge in [0.25, 0.3) is 11.5 Å². The summed E-state index contributed by atoms with van der Waals surface area (Å²) in [5.41, 5.74) is 0.807. The number of fused-ring (bicyclic) bond motifs is 1. The first-order valence-electron chi connectivity index (χ1n) is 10.9. The normalized spacial score (nSPS) is 24.2. The van der Waals surface area contributed by atoms with Crippen molar-refractivity contribution in [2.45, 2.75) is 65.0 Å². The van der Waals surface area contributed by atoms with E-state index >= 15 is 0 Å². The fourth-order valence-electron chi connectivity index (χ4n) is 4.11. The molecular weight excluding hydrogens is 428 g/mol. The van der Waals surface area contributed by atoms with Crippen LogP contribution < -0.4 is 10.9 Å². The fraction of sp³-hybridized carbons (Fsp3) is 0.478. The number of carbonyl (C=O) groups excluding carboxylic acids is 1. The Morgan fingerprint density at radius 1 is 1.29 bits per heavy atom. The highest BCUT2D eigenvalue weighted by molar-refractivity contribution is 8.26. The lowest BCUT2D eigenvalue weighted by molar-refractivity contribution is -0.123. The minimum absolute atomic E-state index is 0.0241.